The fraction of sp³-hybridized carbons (Fsp3) is 0.923. The lowest BCUT2D eigenvalue weighted by molar-refractivity contribution is -0.213. The lowest BCUT2D eigenvalue weighted by atomic mass is 9.85. The summed E-state index contributed by atoms with van der Waals surface area (Å²) in [6.07, 6.45) is 5.34. The molecule has 1 rings (SSSR count). The van der Waals surface area contributed by atoms with E-state index in [1.807, 2.05) is 6.92 Å². The van der Waals surface area contributed by atoms with Crippen LogP contribution in [0, 0.1) is 0 Å². The van der Waals surface area contributed by atoms with Crippen molar-refractivity contribution in [2.45, 2.75) is 211 Å². The fourth-order valence-electron chi connectivity index (χ4n) is 6.84. The van der Waals surface area contributed by atoms with Crippen LogP contribution in [0.4, 0.5) is 0 Å². The first-order valence-electron chi connectivity index (χ1n) is 22.4. The molecule has 0 aromatic heterocycles. The van der Waals surface area contributed by atoms with Gasteiger partial charge in [0.15, 0.2) is 11.2 Å². The number of hydrogen-bond acceptors (Lipinski definition) is 16. The minimum absolute atomic E-state index is 0.0114. The molecule has 8 N–H and O–H groups in total. The Hall–Kier alpha value is -0.830. The number of ether oxygens (including phenoxy) is 2. The molecule has 0 aliphatic heterocycles. The summed E-state index contributed by atoms with van der Waals surface area (Å²) in [7, 11) is -16.6. The number of aliphatic hydroxyl groups is 3. The minimum atomic E-state index is -5.60. The van der Waals surface area contributed by atoms with Crippen LogP contribution in [0.2, 0.25) is 0 Å². The van der Waals surface area contributed by atoms with Gasteiger partial charge in [0, 0.05) is 25.0 Å². The zero-order valence-electron chi connectivity index (χ0n) is 36.9. The second-order valence-corrected chi connectivity index (χ2v) is 20.9. The monoisotopic (exact) mass is 988 g/mol. The van der Waals surface area contributed by atoms with E-state index in [0.717, 1.165) is 82.8 Å². The summed E-state index contributed by atoms with van der Waals surface area (Å²) >= 11 is 1.37. The molecular weight excluding hydrogens is 913 g/mol. The molecule has 63 heavy (non-hydrogen) atoms. The van der Waals surface area contributed by atoms with Crippen molar-refractivity contribution in [2.24, 2.45) is 0 Å². The molecule has 4 unspecified atom stereocenters. The van der Waals surface area contributed by atoms with E-state index in [1.165, 1.54) is 56.7 Å². The second kappa shape index (κ2) is 33.6. The highest BCUT2D eigenvalue weighted by Gasteiger charge is 2.56. The number of unbranched alkanes of at least 4 members (excludes halogenated alkanes) is 18. The molecule has 1 aliphatic carbocycles. The predicted molar refractivity (Wildman–Crippen MR) is 233 cm³/mol. The molecular formula is C39H75O20P3S. The van der Waals surface area contributed by atoms with Crippen molar-refractivity contribution in [3.8, 4) is 0 Å². The third-order valence-electron chi connectivity index (χ3n) is 10.2. The van der Waals surface area contributed by atoms with Gasteiger partial charge in [-0.2, -0.15) is 0 Å². The Bertz CT molecular complexity index is 1410. The van der Waals surface area contributed by atoms with E-state index in [1.54, 1.807) is 0 Å². The third-order valence-corrected chi connectivity index (χ3v) is 13.2. The van der Waals surface area contributed by atoms with Crippen LogP contribution < -0.4 is 0 Å². The maximum absolute atomic E-state index is 13.1. The first kappa shape index (κ1) is 60.2. The molecule has 24 heteroatoms. The van der Waals surface area contributed by atoms with E-state index in [2.05, 4.69) is 16.0 Å². The summed E-state index contributed by atoms with van der Waals surface area (Å²) in [4.78, 5) is 84.6. The van der Waals surface area contributed by atoms with Crippen molar-refractivity contribution >= 4 is 52.3 Å². The van der Waals surface area contributed by atoms with Crippen LogP contribution in [0.5, 0.6) is 0 Å². The van der Waals surface area contributed by atoms with Crippen molar-refractivity contribution in [3.05, 3.63) is 0 Å². The summed E-state index contributed by atoms with van der Waals surface area (Å²) in [5, 5.41) is 32.0. The maximum Gasteiger partial charge on any atom is 0.472 e. The molecule has 0 aromatic rings. The van der Waals surface area contributed by atoms with Gasteiger partial charge >= 0.3 is 35.4 Å². The Morgan fingerprint density at radius 1 is 0.508 bits per heavy atom. The van der Waals surface area contributed by atoms with E-state index in [9.17, 15) is 67.9 Å². The molecule has 372 valence electrons. The number of carbonyl (C=O) groups is 3. The summed E-state index contributed by atoms with van der Waals surface area (Å²) in [6.45, 7) is 2.65. The SMILES string of the molecule is CCCCCCCCCCCCCCCC(=O)O[C@H](COC(=O)CCCCCCCCCSC(=O)CCC)COP(=O)(O)OC1C(O)[C@@H](O)C(OP(=O)(O)O)[C@@H](OP(=O)(O)O)[C@H]1O. The Balaban J connectivity index is 2.76. The fourth-order valence-corrected chi connectivity index (χ4v) is 9.86. The van der Waals surface area contributed by atoms with Gasteiger partial charge in [0.1, 0.15) is 43.2 Å². The van der Waals surface area contributed by atoms with Gasteiger partial charge in [0.2, 0.25) is 0 Å². The lowest BCUT2D eigenvalue weighted by Crippen LogP contribution is -2.65. The smallest absolute Gasteiger partial charge is 0.462 e. The highest BCUT2D eigenvalue weighted by molar-refractivity contribution is 8.13. The molecule has 1 fully saturated rings. The van der Waals surface area contributed by atoms with Gasteiger partial charge < -0.3 is 49.3 Å². The van der Waals surface area contributed by atoms with Gasteiger partial charge in [0.25, 0.3) is 0 Å². The normalized spacial score (nSPS) is 22.1. The van der Waals surface area contributed by atoms with Crippen molar-refractivity contribution in [1.29, 1.82) is 0 Å². The second-order valence-electron chi connectivity index (χ2n) is 15.9. The zero-order chi connectivity index (χ0) is 47.3. The Kier molecular flexibility index (Phi) is 32.1. The number of phosphoric acid groups is 3. The molecule has 0 heterocycles. The van der Waals surface area contributed by atoms with Crippen LogP contribution in [0.3, 0.4) is 0 Å². The van der Waals surface area contributed by atoms with E-state index >= 15 is 0 Å². The number of carbonyl (C=O) groups excluding carboxylic acids is 3. The van der Waals surface area contributed by atoms with Crippen molar-refractivity contribution in [1.82, 2.24) is 0 Å². The average molecular weight is 989 g/mol. The molecule has 0 aromatic carbocycles. The van der Waals surface area contributed by atoms with E-state index < -0.39 is 91.3 Å². The molecule has 0 bridgehead atoms. The summed E-state index contributed by atoms with van der Waals surface area (Å²) in [6, 6.07) is 0. The zero-order valence-corrected chi connectivity index (χ0v) is 40.4. The van der Waals surface area contributed by atoms with Crippen molar-refractivity contribution in [2.75, 3.05) is 19.0 Å². The highest BCUT2D eigenvalue weighted by Crippen LogP contribution is 2.51. The maximum atomic E-state index is 13.1. The molecule has 0 saturated heterocycles. The van der Waals surface area contributed by atoms with Crippen LogP contribution in [0.25, 0.3) is 0 Å². The van der Waals surface area contributed by atoms with Crippen LogP contribution in [-0.4, -0.2) is 119 Å². The van der Waals surface area contributed by atoms with Gasteiger partial charge in [-0.25, -0.2) is 13.7 Å². The van der Waals surface area contributed by atoms with Crippen LogP contribution in [0.15, 0.2) is 0 Å². The van der Waals surface area contributed by atoms with Gasteiger partial charge in [0.05, 0.1) is 6.61 Å². The standard InChI is InChI=1S/C39H75O20P3S/c1-3-5-6-7-8-9-10-11-12-13-15-19-22-26-32(41)56-30(28-54-31(40)25-21-18-16-14-17-20-23-27-63-33(42)24-4-2)29-55-62(52,53)59-37-34(43)35(44)38(57-60(46,47)48)39(36(37)45)58-61(49,50)51/h30,34-39,43-45H,3-29H2,1-2H3,(H,52,53)(H2,46,47,48)(H2,49,50,51)/t30-,34?,35-,36+,37?,38?,39+/m1/s1. The largest absolute Gasteiger partial charge is 0.472 e. The molecule has 20 nitrogen and oxygen atoms in total. The van der Waals surface area contributed by atoms with Gasteiger partial charge in [-0.15, -0.1) is 0 Å². The van der Waals surface area contributed by atoms with Gasteiger partial charge in [-0.3, -0.25) is 32.5 Å². The molecule has 0 radical (unpaired) electrons. The number of phosphoric ester groups is 3. The summed E-state index contributed by atoms with van der Waals surface area (Å²) < 4.78 is 65.3. The quantitative estimate of drug-likeness (QED) is 0.0182. The first-order valence-corrected chi connectivity index (χ1v) is 27.9. The average Bonchev–Trinajstić information content (AvgIpc) is 3.19. The van der Waals surface area contributed by atoms with Crippen LogP contribution in [0.1, 0.15) is 168 Å². The summed E-state index contributed by atoms with van der Waals surface area (Å²) in [5.41, 5.74) is 0. The topological polar surface area (TPSA) is 320 Å². The number of thioether (sulfide) groups is 1. The number of aliphatic hydroxyl groups excluding tert-OH is 3. The molecule has 1 saturated carbocycles. The minimum Gasteiger partial charge on any atom is -0.462 e. The van der Waals surface area contributed by atoms with Gasteiger partial charge in [-0.05, 0) is 25.7 Å². The molecule has 1 aliphatic rings. The van der Waals surface area contributed by atoms with Crippen molar-refractivity contribution < 1.29 is 95.4 Å². The van der Waals surface area contributed by atoms with Crippen LogP contribution >= 0.6 is 35.2 Å². The molecule has 8 atom stereocenters. The molecule has 0 amide bonds. The number of esters is 2. The number of hydrogen-bond donors (Lipinski definition) is 8. The molecule has 0 spiro atoms. The first-order chi connectivity index (χ1) is 29.7. The number of rotatable bonds is 38. The lowest BCUT2D eigenvalue weighted by Gasteiger charge is -2.44. The van der Waals surface area contributed by atoms with Gasteiger partial charge in [-0.1, -0.05) is 135 Å². The van der Waals surface area contributed by atoms with E-state index in [-0.39, 0.29) is 18.0 Å². The highest BCUT2D eigenvalue weighted by atomic mass is 32.2. The van der Waals surface area contributed by atoms with Crippen LogP contribution in [-0.2, 0) is 55.6 Å². The Morgan fingerprint density at radius 2 is 0.937 bits per heavy atom. The van der Waals surface area contributed by atoms with Crippen molar-refractivity contribution in [3.63, 3.8) is 0 Å². The Morgan fingerprint density at radius 3 is 1.41 bits per heavy atom. The Labute approximate surface area is 376 Å². The summed E-state index contributed by atoms with van der Waals surface area (Å²) in [5.74, 6) is -0.531. The predicted octanol–water partition coefficient (Wildman–Crippen LogP) is 6.66. The van der Waals surface area contributed by atoms with E-state index in [0.29, 0.717) is 19.3 Å². The van der Waals surface area contributed by atoms with E-state index in [4.69, 9.17) is 18.5 Å². The third kappa shape index (κ3) is 30.2.